The van der Waals surface area contributed by atoms with E-state index in [1.807, 2.05) is 0 Å². The number of carboxylic acids is 1. The highest BCUT2D eigenvalue weighted by molar-refractivity contribution is 7.99. The molecule has 0 spiro atoms. The van der Waals surface area contributed by atoms with E-state index >= 15 is 0 Å². The molecule has 0 unspecified atom stereocenters. The van der Waals surface area contributed by atoms with Gasteiger partial charge in [0.15, 0.2) is 0 Å². The first kappa shape index (κ1) is 22.8. The van der Waals surface area contributed by atoms with Crippen LogP contribution in [0.3, 0.4) is 0 Å². The van der Waals surface area contributed by atoms with Gasteiger partial charge in [-0.25, -0.2) is 0 Å². The van der Waals surface area contributed by atoms with Gasteiger partial charge < -0.3 is 10.8 Å². The Kier molecular flexibility index (Phi) is 18.0. The van der Waals surface area contributed by atoms with Crippen LogP contribution in [0.25, 0.3) is 0 Å². The molecule has 0 saturated carbocycles. The molecule has 0 aliphatic rings. The molecule has 0 heterocycles. The third kappa shape index (κ3) is 18.0. The number of hydrogen-bond donors (Lipinski definition) is 2. The minimum absolute atomic E-state index is 0.535. The largest absolute Gasteiger partial charge is 0.480 e. The molecule has 0 aliphatic carbocycles. The molecule has 0 radical (unpaired) electrons. The van der Waals surface area contributed by atoms with Crippen molar-refractivity contribution in [1.82, 2.24) is 0 Å². The Morgan fingerprint density at radius 3 is 1.61 bits per heavy atom. The molecule has 3 N–H and O–H groups in total. The van der Waals surface area contributed by atoms with Gasteiger partial charge in [-0.15, -0.1) is 0 Å². The molecule has 0 saturated heterocycles. The molecule has 0 aromatic heterocycles. The summed E-state index contributed by atoms with van der Waals surface area (Å²) in [4.78, 5) is 10.6. The van der Waals surface area contributed by atoms with Crippen LogP contribution >= 0.6 is 11.8 Å². The van der Waals surface area contributed by atoms with Gasteiger partial charge in [0, 0.05) is 5.75 Å². The standard InChI is InChI=1S/C19H39NO2S/c1-2-3-4-5-6-7-8-9-10-11-12-13-14-15-16-23-17-18(20)19(21)22/h18H,2-17,20H2,1H3,(H,21,22)/t18-/m0/s1. The van der Waals surface area contributed by atoms with E-state index in [1.165, 1.54) is 89.9 Å². The van der Waals surface area contributed by atoms with Crippen molar-refractivity contribution < 1.29 is 9.90 Å². The summed E-state index contributed by atoms with van der Waals surface area (Å²) < 4.78 is 0. The molecule has 0 fully saturated rings. The number of unbranched alkanes of at least 4 members (excludes halogenated alkanes) is 13. The van der Waals surface area contributed by atoms with E-state index in [4.69, 9.17) is 10.8 Å². The van der Waals surface area contributed by atoms with Gasteiger partial charge >= 0.3 is 5.97 Å². The zero-order valence-electron chi connectivity index (χ0n) is 15.2. The van der Waals surface area contributed by atoms with Crippen LogP contribution < -0.4 is 5.73 Å². The summed E-state index contributed by atoms with van der Waals surface area (Å²) >= 11 is 1.67. The average Bonchev–Trinajstić information content (AvgIpc) is 2.54. The lowest BCUT2D eigenvalue weighted by molar-refractivity contribution is -0.137. The topological polar surface area (TPSA) is 63.3 Å². The fourth-order valence-electron chi connectivity index (χ4n) is 2.68. The highest BCUT2D eigenvalue weighted by Gasteiger charge is 2.10. The second-order valence-corrected chi connectivity index (χ2v) is 7.77. The Labute approximate surface area is 148 Å². The van der Waals surface area contributed by atoms with Gasteiger partial charge in [-0.3, -0.25) is 4.79 Å². The van der Waals surface area contributed by atoms with Gasteiger partial charge in [0.05, 0.1) is 0 Å². The number of aliphatic carboxylic acids is 1. The predicted octanol–water partition coefficient (Wildman–Crippen LogP) is 5.61. The molecular formula is C19H39NO2S. The number of hydrogen-bond acceptors (Lipinski definition) is 3. The van der Waals surface area contributed by atoms with Crippen LogP contribution in [0.4, 0.5) is 0 Å². The van der Waals surface area contributed by atoms with Gasteiger partial charge in [-0.2, -0.15) is 11.8 Å². The fourth-order valence-corrected chi connectivity index (χ4v) is 3.65. The predicted molar refractivity (Wildman–Crippen MR) is 103 cm³/mol. The monoisotopic (exact) mass is 345 g/mol. The summed E-state index contributed by atoms with van der Waals surface area (Å²) in [5.74, 6) is 0.686. The molecule has 4 heteroatoms. The highest BCUT2D eigenvalue weighted by Crippen LogP contribution is 2.14. The van der Waals surface area contributed by atoms with E-state index in [-0.39, 0.29) is 0 Å². The van der Waals surface area contributed by atoms with Crippen LogP contribution in [-0.2, 0) is 4.79 Å². The van der Waals surface area contributed by atoms with Crippen molar-refractivity contribution in [3.05, 3.63) is 0 Å². The molecule has 0 aliphatic heterocycles. The maximum absolute atomic E-state index is 10.6. The van der Waals surface area contributed by atoms with Crippen molar-refractivity contribution in [3.8, 4) is 0 Å². The molecule has 0 rings (SSSR count). The maximum Gasteiger partial charge on any atom is 0.321 e. The van der Waals surface area contributed by atoms with E-state index in [0.29, 0.717) is 5.75 Å². The van der Waals surface area contributed by atoms with Crippen molar-refractivity contribution in [1.29, 1.82) is 0 Å². The molecule has 1 atom stereocenters. The van der Waals surface area contributed by atoms with E-state index < -0.39 is 12.0 Å². The summed E-state index contributed by atoms with van der Waals surface area (Å²) in [5, 5.41) is 8.67. The van der Waals surface area contributed by atoms with Crippen LogP contribution in [0.1, 0.15) is 96.8 Å². The molecule has 138 valence electrons. The quantitative estimate of drug-likeness (QED) is 0.317. The van der Waals surface area contributed by atoms with Crippen molar-refractivity contribution in [2.75, 3.05) is 11.5 Å². The molecule has 3 nitrogen and oxygen atoms in total. The molecule has 0 amide bonds. The SMILES string of the molecule is CCCCCCCCCCCCCCCCSC[C@H](N)C(=O)O. The Morgan fingerprint density at radius 2 is 1.22 bits per heavy atom. The van der Waals surface area contributed by atoms with E-state index in [2.05, 4.69) is 6.92 Å². The molecular weight excluding hydrogens is 306 g/mol. The van der Waals surface area contributed by atoms with Crippen molar-refractivity contribution in [2.24, 2.45) is 5.73 Å². The fraction of sp³-hybridized carbons (Fsp3) is 0.947. The maximum atomic E-state index is 10.6. The van der Waals surface area contributed by atoms with Crippen LogP contribution in [0, 0.1) is 0 Å². The number of carbonyl (C=O) groups is 1. The second-order valence-electron chi connectivity index (χ2n) is 6.62. The number of rotatable bonds is 18. The molecule has 0 aromatic rings. The van der Waals surface area contributed by atoms with Crippen LogP contribution in [0.15, 0.2) is 0 Å². The summed E-state index contributed by atoms with van der Waals surface area (Å²) in [6, 6.07) is -0.702. The Balaban J connectivity index is 3.04. The highest BCUT2D eigenvalue weighted by atomic mass is 32.2. The van der Waals surface area contributed by atoms with Crippen LogP contribution in [-0.4, -0.2) is 28.6 Å². The van der Waals surface area contributed by atoms with E-state index in [1.54, 1.807) is 11.8 Å². The summed E-state index contributed by atoms with van der Waals surface area (Å²) in [6.07, 6.45) is 19.2. The van der Waals surface area contributed by atoms with Gasteiger partial charge in [0.2, 0.25) is 0 Å². The number of nitrogens with two attached hydrogens (primary N) is 1. The first-order valence-electron chi connectivity index (χ1n) is 9.74. The summed E-state index contributed by atoms with van der Waals surface area (Å²) in [7, 11) is 0. The first-order valence-corrected chi connectivity index (χ1v) is 10.9. The smallest absolute Gasteiger partial charge is 0.321 e. The van der Waals surface area contributed by atoms with Crippen LogP contribution in [0.5, 0.6) is 0 Å². The van der Waals surface area contributed by atoms with Gasteiger partial charge in [0.25, 0.3) is 0 Å². The zero-order chi connectivity index (χ0) is 17.2. The average molecular weight is 346 g/mol. The number of thioether (sulfide) groups is 1. The van der Waals surface area contributed by atoms with Crippen molar-refractivity contribution in [2.45, 2.75) is 103 Å². The van der Waals surface area contributed by atoms with Crippen LogP contribution in [0.2, 0.25) is 0 Å². The lowest BCUT2D eigenvalue weighted by atomic mass is 10.0. The van der Waals surface area contributed by atoms with E-state index in [9.17, 15) is 4.79 Å². The molecule has 0 bridgehead atoms. The Bertz CT molecular complexity index is 262. The minimum atomic E-state index is -0.890. The van der Waals surface area contributed by atoms with Gasteiger partial charge in [0.1, 0.15) is 6.04 Å². The summed E-state index contributed by atoms with van der Waals surface area (Å²) in [5.41, 5.74) is 5.46. The normalized spacial score (nSPS) is 12.4. The molecule has 0 aromatic carbocycles. The number of carboxylic acid groups (broad SMARTS) is 1. The van der Waals surface area contributed by atoms with E-state index in [0.717, 1.165) is 5.75 Å². The summed E-state index contributed by atoms with van der Waals surface area (Å²) in [6.45, 7) is 2.27. The third-order valence-corrected chi connectivity index (χ3v) is 5.43. The first-order chi connectivity index (χ1) is 11.2. The second kappa shape index (κ2) is 18.1. The van der Waals surface area contributed by atoms with Gasteiger partial charge in [-0.05, 0) is 12.2 Å². The molecule has 23 heavy (non-hydrogen) atoms. The zero-order valence-corrected chi connectivity index (χ0v) is 16.0. The van der Waals surface area contributed by atoms with Crippen molar-refractivity contribution >= 4 is 17.7 Å². The van der Waals surface area contributed by atoms with Gasteiger partial charge in [-0.1, -0.05) is 90.4 Å². The minimum Gasteiger partial charge on any atom is -0.480 e. The van der Waals surface area contributed by atoms with Crippen molar-refractivity contribution in [3.63, 3.8) is 0 Å². The Morgan fingerprint density at radius 1 is 0.826 bits per heavy atom. The lowest BCUT2D eigenvalue weighted by Crippen LogP contribution is -2.32. The Hall–Kier alpha value is -0.220. The third-order valence-electron chi connectivity index (χ3n) is 4.26. The lowest BCUT2D eigenvalue weighted by Gasteiger charge is -2.06.